The standard InChI is InChI=1S/C19H16N2O3S/c22-19(23)13-17-16-5-1-2-6-18(16)25(24)21(17)15-9-7-14(8-10-15)20-11-3-4-12-20/h1-12,17H,13H2,(H,22,23). The molecule has 0 aliphatic carbocycles. The summed E-state index contributed by atoms with van der Waals surface area (Å²) in [5.74, 6) is -0.910. The molecule has 0 amide bonds. The molecule has 3 aromatic rings. The van der Waals surface area contributed by atoms with E-state index in [1.54, 1.807) is 10.4 Å². The number of aliphatic carboxylic acids is 1. The average Bonchev–Trinajstić information content (AvgIpc) is 3.23. The number of aromatic nitrogens is 1. The third-order valence-electron chi connectivity index (χ3n) is 4.30. The molecule has 126 valence electrons. The average molecular weight is 352 g/mol. The van der Waals surface area contributed by atoms with Gasteiger partial charge in [-0.3, -0.25) is 9.10 Å². The molecule has 0 radical (unpaired) electrons. The summed E-state index contributed by atoms with van der Waals surface area (Å²) in [6.45, 7) is 0. The summed E-state index contributed by atoms with van der Waals surface area (Å²) in [5, 5.41) is 9.29. The number of hydrogen-bond acceptors (Lipinski definition) is 2. The van der Waals surface area contributed by atoms with Gasteiger partial charge in [-0.2, -0.15) is 0 Å². The molecule has 1 aliphatic rings. The minimum atomic E-state index is -1.41. The second-order valence-corrected chi connectivity index (χ2v) is 7.16. The Labute approximate surface area is 147 Å². The first-order chi connectivity index (χ1) is 12.1. The lowest BCUT2D eigenvalue weighted by molar-refractivity contribution is -0.137. The molecule has 0 bridgehead atoms. The lowest BCUT2D eigenvalue weighted by Crippen LogP contribution is -2.25. The molecule has 1 aliphatic heterocycles. The van der Waals surface area contributed by atoms with E-state index >= 15 is 0 Å². The van der Waals surface area contributed by atoms with E-state index in [0.717, 1.165) is 16.9 Å². The Balaban J connectivity index is 1.73. The monoisotopic (exact) mass is 352 g/mol. The van der Waals surface area contributed by atoms with E-state index < -0.39 is 23.0 Å². The van der Waals surface area contributed by atoms with E-state index in [1.807, 2.05) is 71.6 Å². The Morgan fingerprint density at radius 3 is 2.28 bits per heavy atom. The van der Waals surface area contributed by atoms with Crippen molar-refractivity contribution < 1.29 is 14.1 Å². The summed E-state index contributed by atoms with van der Waals surface area (Å²) in [6, 6.07) is 18.4. The minimum absolute atomic E-state index is 0.0951. The summed E-state index contributed by atoms with van der Waals surface area (Å²) in [6.07, 6.45) is 3.81. The van der Waals surface area contributed by atoms with Crippen LogP contribution >= 0.6 is 0 Å². The van der Waals surface area contributed by atoms with Crippen molar-refractivity contribution >= 4 is 22.6 Å². The van der Waals surface area contributed by atoms with E-state index in [0.29, 0.717) is 4.90 Å². The molecule has 6 heteroatoms. The normalized spacial score (nSPS) is 19.0. The Hall–Kier alpha value is -2.86. The number of carboxylic acid groups (broad SMARTS) is 1. The molecular weight excluding hydrogens is 336 g/mol. The van der Waals surface area contributed by atoms with Crippen LogP contribution in [0, 0.1) is 0 Å². The quantitative estimate of drug-likeness (QED) is 0.781. The van der Waals surface area contributed by atoms with Crippen molar-refractivity contribution in [2.24, 2.45) is 0 Å². The van der Waals surface area contributed by atoms with E-state index in [4.69, 9.17) is 0 Å². The predicted molar refractivity (Wildman–Crippen MR) is 96.1 cm³/mol. The van der Waals surface area contributed by atoms with Gasteiger partial charge in [0.25, 0.3) is 0 Å². The van der Waals surface area contributed by atoms with E-state index in [1.165, 1.54) is 0 Å². The van der Waals surface area contributed by atoms with Crippen molar-refractivity contribution in [3.63, 3.8) is 0 Å². The minimum Gasteiger partial charge on any atom is -0.481 e. The Morgan fingerprint density at radius 2 is 1.60 bits per heavy atom. The smallest absolute Gasteiger partial charge is 0.305 e. The Kier molecular flexibility index (Phi) is 3.89. The van der Waals surface area contributed by atoms with Gasteiger partial charge >= 0.3 is 5.97 Å². The van der Waals surface area contributed by atoms with Crippen molar-refractivity contribution in [1.29, 1.82) is 0 Å². The number of carboxylic acids is 1. The van der Waals surface area contributed by atoms with Crippen molar-refractivity contribution in [3.05, 3.63) is 78.6 Å². The zero-order chi connectivity index (χ0) is 17.4. The van der Waals surface area contributed by atoms with Crippen LogP contribution in [0.5, 0.6) is 0 Å². The van der Waals surface area contributed by atoms with Crippen LogP contribution in [0.1, 0.15) is 18.0 Å². The summed E-state index contributed by atoms with van der Waals surface area (Å²) in [4.78, 5) is 12.0. The van der Waals surface area contributed by atoms with Crippen LogP contribution in [0.25, 0.3) is 5.69 Å². The van der Waals surface area contributed by atoms with Crippen LogP contribution in [0.2, 0.25) is 0 Å². The van der Waals surface area contributed by atoms with Gasteiger partial charge < -0.3 is 9.67 Å². The first kappa shape index (κ1) is 15.7. The molecular formula is C19H16N2O3S. The van der Waals surface area contributed by atoms with Gasteiger partial charge in [-0.05, 0) is 48.0 Å². The van der Waals surface area contributed by atoms with E-state index in [-0.39, 0.29) is 6.42 Å². The fourth-order valence-electron chi connectivity index (χ4n) is 3.17. The third-order valence-corrected chi connectivity index (χ3v) is 5.87. The Bertz CT molecular complexity index is 936. The van der Waals surface area contributed by atoms with Crippen LogP contribution in [-0.4, -0.2) is 19.9 Å². The molecule has 4 rings (SSSR count). The largest absolute Gasteiger partial charge is 0.481 e. The van der Waals surface area contributed by atoms with Gasteiger partial charge in [-0.25, -0.2) is 4.21 Å². The first-order valence-corrected chi connectivity index (χ1v) is 9.01. The highest BCUT2D eigenvalue weighted by Gasteiger charge is 2.37. The molecule has 1 N–H and O–H groups in total. The molecule has 0 saturated carbocycles. The van der Waals surface area contributed by atoms with E-state index in [2.05, 4.69) is 0 Å². The lowest BCUT2D eigenvalue weighted by atomic mass is 10.0. The van der Waals surface area contributed by atoms with Gasteiger partial charge in [0.15, 0.2) is 11.0 Å². The molecule has 0 spiro atoms. The summed E-state index contributed by atoms with van der Waals surface area (Å²) in [5.41, 5.74) is 2.56. The zero-order valence-electron chi connectivity index (χ0n) is 13.3. The molecule has 2 aromatic carbocycles. The molecule has 2 heterocycles. The van der Waals surface area contributed by atoms with Crippen LogP contribution < -0.4 is 4.31 Å². The van der Waals surface area contributed by atoms with Crippen molar-refractivity contribution in [2.75, 3.05) is 4.31 Å². The fourth-order valence-corrected chi connectivity index (χ4v) is 4.72. The number of hydrogen-bond donors (Lipinski definition) is 1. The fraction of sp³-hybridized carbons (Fsp3) is 0.105. The van der Waals surface area contributed by atoms with Gasteiger partial charge in [0, 0.05) is 18.1 Å². The van der Waals surface area contributed by atoms with Gasteiger partial charge in [0.1, 0.15) is 0 Å². The van der Waals surface area contributed by atoms with Crippen LogP contribution in [-0.2, 0) is 15.8 Å². The van der Waals surface area contributed by atoms with Gasteiger partial charge in [-0.1, -0.05) is 18.2 Å². The molecule has 25 heavy (non-hydrogen) atoms. The van der Waals surface area contributed by atoms with Gasteiger partial charge in [-0.15, -0.1) is 0 Å². The SMILES string of the molecule is O=C(O)CC1c2ccccc2S(=O)N1c1ccc(-n2cccc2)cc1. The first-order valence-electron chi connectivity index (χ1n) is 7.90. The predicted octanol–water partition coefficient (Wildman–Crippen LogP) is 3.54. The number of fused-ring (bicyclic) bond motifs is 1. The van der Waals surface area contributed by atoms with Crippen LogP contribution in [0.15, 0.2) is 78.0 Å². The second-order valence-electron chi connectivity index (χ2n) is 5.83. The highest BCUT2D eigenvalue weighted by molar-refractivity contribution is 7.87. The number of anilines is 1. The molecule has 1 aromatic heterocycles. The lowest BCUT2D eigenvalue weighted by Gasteiger charge is -2.24. The van der Waals surface area contributed by atoms with Gasteiger partial charge in [0.2, 0.25) is 0 Å². The molecule has 2 atom stereocenters. The number of rotatable bonds is 4. The van der Waals surface area contributed by atoms with Crippen molar-refractivity contribution in [2.45, 2.75) is 17.4 Å². The van der Waals surface area contributed by atoms with Crippen LogP contribution in [0.4, 0.5) is 5.69 Å². The second kappa shape index (κ2) is 6.22. The highest BCUT2D eigenvalue weighted by Crippen LogP contribution is 2.42. The highest BCUT2D eigenvalue weighted by atomic mass is 32.2. The summed E-state index contributed by atoms with van der Waals surface area (Å²) >= 11 is 0. The molecule has 0 saturated heterocycles. The Morgan fingerprint density at radius 1 is 0.960 bits per heavy atom. The number of nitrogens with zero attached hydrogens (tertiary/aromatic N) is 2. The maximum absolute atomic E-state index is 12.9. The summed E-state index contributed by atoms with van der Waals surface area (Å²) < 4.78 is 16.6. The maximum Gasteiger partial charge on any atom is 0.305 e. The maximum atomic E-state index is 12.9. The topological polar surface area (TPSA) is 62.5 Å². The van der Waals surface area contributed by atoms with Gasteiger partial charge in [0.05, 0.1) is 23.0 Å². The van der Waals surface area contributed by atoms with Crippen molar-refractivity contribution in [1.82, 2.24) is 4.57 Å². The summed E-state index contributed by atoms with van der Waals surface area (Å²) in [7, 11) is -1.41. The number of benzene rings is 2. The van der Waals surface area contributed by atoms with E-state index in [9.17, 15) is 14.1 Å². The third kappa shape index (κ3) is 2.74. The number of carbonyl (C=O) groups is 1. The zero-order valence-corrected chi connectivity index (χ0v) is 14.1. The van der Waals surface area contributed by atoms with Crippen molar-refractivity contribution in [3.8, 4) is 5.69 Å². The van der Waals surface area contributed by atoms with Crippen LogP contribution in [0.3, 0.4) is 0 Å². The molecule has 0 fully saturated rings. The molecule has 2 unspecified atom stereocenters. The molecule has 5 nitrogen and oxygen atoms in total.